The number of carbonyl (C=O) groups excluding carboxylic acids is 2. The molecule has 0 aliphatic carbocycles. The normalized spacial score (nSPS) is 13.1. The van der Waals surface area contributed by atoms with Crippen molar-refractivity contribution in [2.24, 2.45) is 11.7 Å². The molecule has 0 heterocycles. The molecule has 2 atom stereocenters. The van der Waals surface area contributed by atoms with Gasteiger partial charge in [0.05, 0.1) is 5.92 Å². The minimum atomic E-state index is -0.983. The monoisotopic (exact) mass is 279 g/mol. The fourth-order valence-electron chi connectivity index (χ4n) is 1.43. The Hall–Kier alpha value is -2.57. The number of hydrogen-bond donors (Lipinski definition) is 4. The van der Waals surface area contributed by atoms with Gasteiger partial charge in [-0.05, 0) is 38.1 Å². The lowest BCUT2D eigenvalue weighted by Crippen LogP contribution is -2.42. The van der Waals surface area contributed by atoms with E-state index in [9.17, 15) is 14.4 Å². The van der Waals surface area contributed by atoms with Crippen LogP contribution in [0.1, 0.15) is 24.2 Å². The quantitative estimate of drug-likeness (QED) is 0.642. The van der Waals surface area contributed by atoms with Gasteiger partial charge in [-0.2, -0.15) is 0 Å². The highest BCUT2D eigenvalue weighted by Gasteiger charge is 2.20. The van der Waals surface area contributed by atoms with Crippen LogP contribution in [0.5, 0.6) is 0 Å². The Bertz CT molecular complexity index is 513. The second-order valence-corrected chi connectivity index (χ2v) is 4.46. The number of carboxylic acid groups (broad SMARTS) is 1. The molecule has 0 spiro atoms. The fraction of sp³-hybridized carbons (Fsp3) is 0.308. The molecule has 0 fully saturated rings. The molecule has 2 unspecified atom stereocenters. The van der Waals surface area contributed by atoms with Crippen LogP contribution in [0.4, 0.5) is 10.5 Å². The summed E-state index contributed by atoms with van der Waals surface area (Å²) in [5.74, 6) is -2.23. The average molecular weight is 279 g/mol. The van der Waals surface area contributed by atoms with Crippen molar-refractivity contribution in [1.29, 1.82) is 0 Å². The molecule has 5 N–H and O–H groups in total. The van der Waals surface area contributed by atoms with Crippen LogP contribution in [0.2, 0.25) is 0 Å². The minimum absolute atomic E-state index is 0.337. The first kappa shape index (κ1) is 15.5. The number of carbonyl (C=O) groups is 3. The topological polar surface area (TPSA) is 122 Å². The van der Waals surface area contributed by atoms with Crippen LogP contribution in [0.3, 0.4) is 0 Å². The molecular formula is C13H17N3O4. The first-order chi connectivity index (χ1) is 9.31. The van der Waals surface area contributed by atoms with Crippen LogP contribution in [0.25, 0.3) is 0 Å². The van der Waals surface area contributed by atoms with Gasteiger partial charge in [0.2, 0.25) is 5.91 Å². The first-order valence-electron chi connectivity index (χ1n) is 6.01. The van der Waals surface area contributed by atoms with E-state index in [1.165, 1.54) is 31.2 Å². The Labute approximate surface area is 116 Å². The summed E-state index contributed by atoms with van der Waals surface area (Å²) in [6, 6.07) is 5.01. The van der Waals surface area contributed by atoms with Gasteiger partial charge >= 0.3 is 12.0 Å². The summed E-state index contributed by atoms with van der Waals surface area (Å²) < 4.78 is 0. The summed E-state index contributed by atoms with van der Waals surface area (Å²) in [4.78, 5) is 33.3. The third-order valence-electron chi connectivity index (χ3n) is 2.93. The van der Waals surface area contributed by atoms with Gasteiger partial charge < -0.3 is 21.5 Å². The molecule has 3 amide bonds. The molecule has 20 heavy (non-hydrogen) atoms. The Morgan fingerprint density at radius 3 is 2.15 bits per heavy atom. The van der Waals surface area contributed by atoms with E-state index in [1.807, 2.05) is 0 Å². The van der Waals surface area contributed by atoms with Crippen molar-refractivity contribution in [2.75, 3.05) is 5.32 Å². The van der Waals surface area contributed by atoms with Crippen molar-refractivity contribution < 1.29 is 19.5 Å². The number of urea groups is 1. The summed E-state index contributed by atoms with van der Waals surface area (Å²) in [6.07, 6.45) is 0. The number of primary amides is 1. The van der Waals surface area contributed by atoms with E-state index < -0.39 is 29.9 Å². The molecule has 0 bridgehead atoms. The van der Waals surface area contributed by atoms with Gasteiger partial charge in [0.1, 0.15) is 0 Å². The predicted octanol–water partition coefficient (Wildman–Crippen LogP) is 1.02. The molecule has 0 radical (unpaired) electrons. The number of aliphatic carboxylic acids is 1. The molecule has 0 aliphatic rings. The molecule has 0 aliphatic heterocycles. The summed E-state index contributed by atoms with van der Waals surface area (Å²) in [7, 11) is 0. The number of amides is 3. The van der Waals surface area contributed by atoms with Crippen molar-refractivity contribution >= 4 is 23.6 Å². The minimum Gasteiger partial charge on any atom is -0.481 e. The second kappa shape index (κ2) is 6.55. The van der Waals surface area contributed by atoms with Crippen LogP contribution in [0, 0.1) is 5.92 Å². The number of rotatable bonds is 5. The van der Waals surface area contributed by atoms with Gasteiger partial charge in [0.15, 0.2) is 0 Å². The summed E-state index contributed by atoms with van der Waals surface area (Å²) in [6.45, 7) is 3.11. The maximum Gasteiger partial charge on any atom is 0.319 e. The van der Waals surface area contributed by atoms with E-state index in [4.69, 9.17) is 10.8 Å². The Kier molecular flexibility index (Phi) is 5.08. The van der Waals surface area contributed by atoms with Crippen LogP contribution in [0.15, 0.2) is 24.3 Å². The van der Waals surface area contributed by atoms with E-state index in [-0.39, 0.29) is 0 Å². The lowest BCUT2D eigenvalue weighted by molar-refractivity contribution is -0.141. The van der Waals surface area contributed by atoms with Gasteiger partial charge in [-0.3, -0.25) is 9.59 Å². The van der Waals surface area contributed by atoms with Crippen molar-refractivity contribution in [1.82, 2.24) is 5.32 Å². The van der Waals surface area contributed by atoms with Gasteiger partial charge in [-0.25, -0.2) is 4.79 Å². The summed E-state index contributed by atoms with van der Waals surface area (Å²) in [5.41, 5.74) is 5.91. The van der Waals surface area contributed by atoms with E-state index in [0.717, 1.165) is 0 Å². The van der Waals surface area contributed by atoms with E-state index in [0.29, 0.717) is 11.3 Å². The van der Waals surface area contributed by atoms with Crippen LogP contribution < -0.4 is 16.4 Å². The molecular weight excluding hydrogens is 262 g/mol. The highest BCUT2D eigenvalue weighted by atomic mass is 16.4. The zero-order valence-electron chi connectivity index (χ0n) is 11.2. The van der Waals surface area contributed by atoms with Gasteiger partial charge in [0.25, 0.3) is 0 Å². The number of benzene rings is 1. The molecule has 1 rings (SSSR count). The van der Waals surface area contributed by atoms with Crippen molar-refractivity contribution in [3.8, 4) is 0 Å². The van der Waals surface area contributed by atoms with Crippen molar-refractivity contribution in [3.05, 3.63) is 29.8 Å². The zero-order chi connectivity index (χ0) is 15.3. The summed E-state index contributed by atoms with van der Waals surface area (Å²) in [5, 5.41) is 13.9. The molecule has 108 valence electrons. The lowest BCUT2D eigenvalue weighted by Gasteiger charge is -2.18. The molecule has 1 aromatic rings. The maximum absolute atomic E-state index is 11.7. The largest absolute Gasteiger partial charge is 0.481 e. The van der Waals surface area contributed by atoms with Crippen LogP contribution in [-0.2, 0) is 4.79 Å². The third kappa shape index (κ3) is 4.27. The highest BCUT2D eigenvalue weighted by molar-refractivity contribution is 5.94. The highest BCUT2D eigenvalue weighted by Crippen LogP contribution is 2.09. The Balaban J connectivity index is 2.58. The number of nitrogens with two attached hydrogens (primary N) is 1. The van der Waals surface area contributed by atoms with E-state index in [2.05, 4.69) is 10.6 Å². The molecule has 7 heteroatoms. The number of anilines is 1. The lowest BCUT2D eigenvalue weighted by atomic mass is 10.0. The standard InChI is InChI=1S/C13H17N3O4/c1-7(12(18)19)8(2)15-13(20)16-10-5-3-9(4-6-10)11(14)17/h3-8H,1-2H3,(H2,14,17)(H,18,19)(H2,15,16,20). The Morgan fingerprint density at radius 2 is 1.70 bits per heavy atom. The zero-order valence-corrected chi connectivity index (χ0v) is 11.2. The van der Waals surface area contributed by atoms with Crippen molar-refractivity contribution in [3.63, 3.8) is 0 Å². The Morgan fingerprint density at radius 1 is 1.15 bits per heavy atom. The van der Waals surface area contributed by atoms with E-state index in [1.54, 1.807) is 6.92 Å². The van der Waals surface area contributed by atoms with Crippen LogP contribution in [-0.4, -0.2) is 29.1 Å². The van der Waals surface area contributed by atoms with Gasteiger partial charge in [0, 0.05) is 17.3 Å². The van der Waals surface area contributed by atoms with Gasteiger partial charge in [-0.15, -0.1) is 0 Å². The first-order valence-corrected chi connectivity index (χ1v) is 6.01. The van der Waals surface area contributed by atoms with Crippen molar-refractivity contribution in [2.45, 2.75) is 19.9 Å². The SMILES string of the molecule is CC(NC(=O)Nc1ccc(C(N)=O)cc1)C(C)C(=O)O. The number of nitrogens with one attached hydrogen (secondary N) is 2. The smallest absolute Gasteiger partial charge is 0.319 e. The number of carboxylic acids is 1. The fourth-order valence-corrected chi connectivity index (χ4v) is 1.43. The number of hydrogen-bond acceptors (Lipinski definition) is 3. The molecule has 7 nitrogen and oxygen atoms in total. The second-order valence-electron chi connectivity index (χ2n) is 4.46. The molecule has 0 saturated heterocycles. The summed E-state index contributed by atoms with van der Waals surface area (Å²) >= 11 is 0. The van der Waals surface area contributed by atoms with Crippen LogP contribution >= 0.6 is 0 Å². The third-order valence-corrected chi connectivity index (χ3v) is 2.93. The average Bonchev–Trinajstić information content (AvgIpc) is 2.37. The van der Waals surface area contributed by atoms with E-state index >= 15 is 0 Å². The molecule has 1 aromatic carbocycles. The van der Waals surface area contributed by atoms with Gasteiger partial charge in [-0.1, -0.05) is 0 Å². The molecule has 0 aromatic heterocycles. The maximum atomic E-state index is 11.7. The predicted molar refractivity (Wildman–Crippen MR) is 73.4 cm³/mol. The molecule has 0 saturated carbocycles.